The first-order valence-corrected chi connectivity index (χ1v) is 9.43. The maximum absolute atomic E-state index is 10.2. The van der Waals surface area contributed by atoms with Crippen LogP contribution in [0.1, 0.15) is 0 Å². The molecular formula is C12H12OSn. The van der Waals surface area contributed by atoms with E-state index in [2.05, 4.69) is 0 Å². The van der Waals surface area contributed by atoms with E-state index in [0.717, 1.165) is 7.16 Å². The van der Waals surface area contributed by atoms with Crippen molar-refractivity contribution in [2.24, 2.45) is 0 Å². The quantitative estimate of drug-likeness (QED) is 0.800. The zero-order valence-electron chi connectivity index (χ0n) is 7.80. The Kier molecular flexibility index (Phi) is 3.21. The first-order valence-electron chi connectivity index (χ1n) is 4.66. The minimum absolute atomic E-state index is 1.14. The van der Waals surface area contributed by atoms with Gasteiger partial charge in [-0.25, -0.2) is 0 Å². The van der Waals surface area contributed by atoms with Crippen molar-refractivity contribution in [1.29, 1.82) is 0 Å². The fourth-order valence-electron chi connectivity index (χ4n) is 1.46. The summed E-state index contributed by atoms with van der Waals surface area (Å²) in [5.74, 6) is 0. The molecule has 2 aromatic rings. The molecule has 0 saturated carbocycles. The van der Waals surface area contributed by atoms with Crippen LogP contribution < -0.4 is 7.16 Å². The Hall–Kier alpha value is -0.801. The van der Waals surface area contributed by atoms with Crippen molar-refractivity contribution < 1.29 is 3.44 Å². The van der Waals surface area contributed by atoms with E-state index in [1.54, 1.807) is 0 Å². The van der Waals surface area contributed by atoms with Gasteiger partial charge in [0.25, 0.3) is 0 Å². The van der Waals surface area contributed by atoms with Crippen molar-refractivity contribution in [2.45, 2.75) is 0 Å². The van der Waals surface area contributed by atoms with Gasteiger partial charge in [0, 0.05) is 0 Å². The molecule has 0 saturated heterocycles. The molecule has 0 aliphatic rings. The third-order valence-corrected chi connectivity index (χ3v) is 8.03. The topological polar surface area (TPSA) is 20.2 Å². The van der Waals surface area contributed by atoms with Crippen molar-refractivity contribution in [2.75, 3.05) is 0 Å². The van der Waals surface area contributed by atoms with Crippen molar-refractivity contribution >= 4 is 27.3 Å². The van der Waals surface area contributed by atoms with Gasteiger partial charge in [-0.3, -0.25) is 0 Å². The van der Waals surface area contributed by atoms with E-state index < -0.39 is 20.2 Å². The predicted octanol–water partition coefficient (Wildman–Crippen LogP) is 0.517. The van der Waals surface area contributed by atoms with E-state index >= 15 is 0 Å². The summed E-state index contributed by atoms with van der Waals surface area (Å²) in [5.41, 5.74) is 0. The summed E-state index contributed by atoms with van der Waals surface area (Å²) in [6, 6.07) is 20.0. The zero-order chi connectivity index (χ0) is 9.80. The Bertz CT molecular complexity index is 346. The second kappa shape index (κ2) is 4.62. The Labute approximate surface area is 91.3 Å². The van der Waals surface area contributed by atoms with Gasteiger partial charge in [-0.15, -0.1) is 0 Å². The number of hydrogen-bond donors (Lipinski definition) is 1. The van der Waals surface area contributed by atoms with E-state index in [9.17, 15) is 3.44 Å². The molecule has 0 atom stereocenters. The summed E-state index contributed by atoms with van der Waals surface area (Å²) < 4.78 is 12.5. The molecule has 0 heterocycles. The molecule has 2 aromatic carbocycles. The Balaban J connectivity index is 2.30. The van der Waals surface area contributed by atoms with Crippen LogP contribution >= 0.6 is 0 Å². The summed E-state index contributed by atoms with van der Waals surface area (Å²) in [6.45, 7) is 0. The average molecular weight is 291 g/mol. The van der Waals surface area contributed by atoms with Crippen LogP contribution in [0, 0.1) is 0 Å². The van der Waals surface area contributed by atoms with Crippen LogP contribution in [-0.4, -0.2) is 23.6 Å². The van der Waals surface area contributed by atoms with Gasteiger partial charge < -0.3 is 0 Å². The van der Waals surface area contributed by atoms with Gasteiger partial charge in [0.1, 0.15) is 0 Å². The molecule has 0 fully saturated rings. The standard InChI is InChI=1S/2C6H5.H2O.Sn.H/c2*1-2-4-6-5-3-1;;;/h2*1-5H;1H2;;/q;;;+1;/p-1. The molecule has 0 amide bonds. The van der Waals surface area contributed by atoms with Crippen LogP contribution in [0.4, 0.5) is 0 Å². The van der Waals surface area contributed by atoms with Crippen LogP contribution in [0.25, 0.3) is 0 Å². The van der Waals surface area contributed by atoms with Gasteiger partial charge >= 0.3 is 91.4 Å². The molecule has 0 radical (unpaired) electrons. The van der Waals surface area contributed by atoms with Gasteiger partial charge in [-0.05, 0) is 0 Å². The van der Waals surface area contributed by atoms with Crippen molar-refractivity contribution in [1.82, 2.24) is 0 Å². The van der Waals surface area contributed by atoms with Crippen molar-refractivity contribution in [3.63, 3.8) is 0 Å². The Morgan fingerprint density at radius 3 is 1.36 bits per heavy atom. The first-order chi connectivity index (χ1) is 6.88. The van der Waals surface area contributed by atoms with E-state index in [4.69, 9.17) is 0 Å². The number of rotatable bonds is 2. The van der Waals surface area contributed by atoms with Crippen LogP contribution in [0.2, 0.25) is 0 Å². The average Bonchev–Trinajstić information content (AvgIpc) is 2.30. The van der Waals surface area contributed by atoms with Gasteiger partial charge in [0.05, 0.1) is 0 Å². The summed E-state index contributed by atoms with van der Waals surface area (Å²) in [5, 5.41) is 0. The molecule has 2 heteroatoms. The van der Waals surface area contributed by atoms with Crippen LogP contribution in [-0.2, 0) is 0 Å². The summed E-state index contributed by atoms with van der Waals surface area (Å²) in [6.07, 6.45) is 0. The summed E-state index contributed by atoms with van der Waals surface area (Å²) in [4.78, 5) is 0. The Morgan fingerprint density at radius 1 is 0.643 bits per heavy atom. The van der Waals surface area contributed by atoms with E-state index in [1.807, 2.05) is 60.7 Å². The third-order valence-electron chi connectivity index (χ3n) is 2.23. The molecule has 2 rings (SSSR count). The molecule has 0 spiro atoms. The SMILES string of the molecule is [OH][SnH]([c]1ccccc1)[c]1ccccc1. The van der Waals surface area contributed by atoms with E-state index in [-0.39, 0.29) is 0 Å². The number of hydrogen-bond acceptors (Lipinski definition) is 1. The number of benzene rings is 2. The molecule has 70 valence electrons. The van der Waals surface area contributed by atoms with Crippen molar-refractivity contribution in [3.05, 3.63) is 60.7 Å². The fraction of sp³-hybridized carbons (Fsp3) is 0. The molecule has 0 aliphatic heterocycles. The van der Waals surface area contributed by atoms with Crippen LogP contribution in [0.3, 0.4) is 0 Å². The van der Waals surface area contributed by atoms with Gasteiger partial charge in [-0.2, -0.15) is 0 Å². The molecule has 1 nitrogen and oxygen atoms in total. The molecule has 14 heavy (non-hydrogen) atoms. The summed E-state index contributed by atoms with van der Waals surface area (Å²) >= 11 is -2.64. The zero-order valence-corrected chi connectivity index (χ0v) is 11.1. The maximum atomic E-state index is 10.2. The second-order valence-corrected chi connectivity index (χ2v) is 9.33. The fourth-order valence-corrected chi connectivity index (χ4v) is 5.91. The third kappa shape index (κ3) is 2.16. The molecule has 0 aromatic heterocycles. The van der Waals surface area contributed by atoms with Gasteiger partial charge in [0.2, 0.25) is 0 Å². The molecule has 0 unspecified atom stereocenters. The second-order valence-electron chi connectivity index (χ2n) is 3.22. The first kappa shape index (κ1) is 9.74. The minimum atomic E-state index is -2.64. The normalized spacial score (nSPS) is 10.4. The molecule has 0 bridgehead atoms. The summed E-state index contributed by atoms with van der Waals surface area (Å²) in [7, 11) is 0. The van der Waals surface area contributed by atoms with Gasteiger partial charge in [-0.1, -0.05) is 0 Å². The van der Waals surface area contributed by atoms with E-state index in [0.29, 0.717) is 0 Å². The van der Waals surface area contributed by atoms with Crippen LogP contribution in [0.5, 0.6) is 0 Å². The van der Waals surface area contributed by atoms with Gasteiger partial charge in [0.15, 0.2) is 0 Å². The molecular weight excluding hydrogens is 279 g/mol. The monoisotopic (exact) mass is 292 g/mol. The molecule has 1 N–H and O–H groups in total. The van der Waals surface area contributed by atoms with Crippen LogP contribution in [0.15, 0.2) is 60.7 Å². The predicted molar refractivity (Wildman–Crippen MR) is 61.5 cm³/mol. The van der Waals surface area contributed by atoms with Crippen molar-refractivity contribution in [3.8, 4) is 0 Å². The Morgan fingerprint density at radius 2 is 1.00 bits per heavy atom. The molecule has 0 aliphatic carbocycles. The van der Waals surface area contributed by atoms with E-state index in [1.165, 1.54) is 0 Å².